The van der Waals surface area contributed by atoms with Gasteiger partial charge in [-0.3, -0.25) is 4.79 Å². The van der Waals surface area contributed by atoms with Crippen LogP contribution in [0.3, 0.4) is 0 Å². The summed E-state index contributed by atoms with van der Waals surface area (Å²) >= 11 is 3.41. The van der Waals surface area contributed by atoms with E-state index in [9.17, 15) is 14.7 Å². The van der Waals surface area contributed by atoms with Crippen molar-refractivity contribution in [1.29, 1.82) is 0 Å². The average molecular weight is 532 g/mol. The van der Waals surface area contributed by atoms with Crippen LogP contribution >= 0.6 is 15.9 Å². The van der Waals surface area contributed by atoms with Crippen LogP contribution < -0.4 is 10.3 Å². The fraction of sp³-hybridized carbons (Fsp3) is 0.385. The van der Waals surface area contributed by atoms with Gasteiger partial charge in [0, 0.05) is 28.0 Å². The zero-order valence-corrected chi connectivity index (χ0v) is 21.4. The van der Waals surface area contributed by atoms with Gasteiger partial charge in [-0.15, -0.1) is 0 Å². The number of nitrogens with zero attached hydrogens (tertiary/aromatic N) is 1. The number of hydrogen-bond donors (Lipinski definition) is 1. The molecular weight excluding hydrogens is 505 g/mol. The van der Waals surface area contributed by atoms with Gasteiger partial charge in [0.15, 0.2) is 17.7 Å². The van der Waals surface area contributed by atoms with Crippen LogP contribution in [0.5, 0.6) is 5.75 Å². The van der Waals surface area contributed by atoms with Crippen LogP contribution in [0.4, 0.5) is 4.39 Å². The molecular formula is C26H27BrFNO5. The van der Waals surface area contributed by atoms with E-state index in [1.54, 1.807) is 39.0 Å². The second kappa shape index (κ2) is 8.82. The number of benzene rings is 2. The molecule has 0 saturated carbocycles. The van der Waals surface area contributed by atoms with Gasteiger partial charge in [-0.05, 0) is 75.2 Å². The van der Waals surface area contributed by atoms with Gasteiger partial charge < -0.3 is 19.1 Å². The number of ether oxygens (including phenoxy) is 2. The molecule has 34 heavy (non-hydrogen) atoms. The Morgan fingerprint density at radius 1 is 1.26 bits per heavy atom. The molecule has 1 N–H and O–H groups in total. The van der Waals surface area contributed by atoms with Gasteiger partial charge in [0.1, 0.15) is 0 Å². The van der Waals surface area contributed by atoms with Crippen LogP contribution in [0.25, 0.3) is 21.9 Å². The Hall–Kier alpha value is -2.71. The lowest BCUT2D eigenvalue weighted by atomic mass is 9.87. The van der Waals surface area contributed by atoms with Gasteiger partial charge in [0.05, 0.1) is 17.9 Å². The van der Waals surface area contributed by atoms with Crippen molar-refractivity contribution in [3.05, 3.63) is 61.7 Å². The van der Waals surface area contributed by atoms with Crippen molar-refractivity contribution < 1.29 is 23.8 Å². The van der Waals surface area contributed by atoms with Crippen LogP contribution in [0.2, 0.25) is 0 Å². The largest absolute Gasteiger partial charge is 0.490 e. The summed E-state index contributed by atoms with van der Waals surface area (Å²) in [4.78, 5) is 25.8. The van der Waals surface area contributed by atoms with E-state index in [4.69, 9.17) is 9.47 Å². The first-order valence-electron chi connectivity index (χ1n) is 11.1. The van der Waals surface area contributed by atoms with Crippen molar-refractivity contribution in [2.75, 3.05) is 6.61 Å². The number of aliphatic carboxylic acids is 1. The van der Waals surface area contributed by atoms with E-state index >= 15 is 4.39 Å². The van der Waals surface area contributed by atoms with Gasteiger partial charge in [-0.25, -0.2) is 9.18 Å². The van der Waals surface area contributed by atoms with Crippen LogP contribution in [0.15, 0.2) is 33.5 Å². The molecule has 3 aromatic rings. The molecule has 180 valence electrons. The molecule has 6 nitrogen and oxygen atoms in total. The molecule has 0 amide bonds. The van der Waals surface area contributed by atoms with E-state index < -0.39 is 23.5 Å². The van der Waals surface area contributed by atoms with E-state index in [0.717, 1.165) is 17.5 Å². The molecule has 0 bridgehead atoms. The van der Waals surface area contributed by atoms with E-state index in [0.29, 0.717) is 39.4 Å². The van der Waals surface area contributed by atoms with Crippen molar-refractivity contribution in [3.63, 3.8) is 0 Å². The highest BCUT2D eigenvalue weighted by molar-refractivity contribution is 9.10. The molecule has 2 heterocycles. The number of hydrogen-bond acceptors (Lipinski definition) is 4. The third-order valence-corrected chi connectivity index (χ3v) is 6.55. The number of carboxylic acids is 1. The second-order valence-corrected chi connectivity index (χ2v) is 10.5. The van der Waals surface area contributed by atoms with Crippen LogP contribution in [0.1, 0.15) is 50.1 Å². The first-order chi connectivity index (χ1) is 15.9. The zero-order valence-electron chi connectivity index (χ0n) is 19.8. The minimum Gasteiger partial charge on any atom is -0.490 e. The molecule has 0 fully saturated rings. The van der Waals surface area contributed by atoms with Gasteiger partial charge >= 0.3 is 5.97 Å². The summed E-state index contributed by atoms with van der Waals surface area (Å²) in [5.41, 5.74) is 1.53. The summed E-state index contributed by atoms with van der Waals surface area (Å²) in [6.45, 7) is 7.58. The highest BCUT2D eigenvalue weighted by atomic mass is 79.9. The number of fused-ring (bicyclic) bond motifs is 2. The highest BCUT2D eigenvalue weighted by Crippen LogP contribution is 2.43. The predicted octanol–water partition coefficient (Wildman–Crippen LogP) is 5.68. The fourth-order valence-corrected chi connectivity index (χ4v) is 4.95. The summed E-state index contributed by atoms with van der Waals surface area (Å²) < 4.78 is 28.8. The van der Waals surface area contributed by atoms with Crippen LogP contribution in [0, 0.1) is 12.7 Å². The zero-order chi connectivity index (χ0) is 24.9. The number of pyridine rings is 1. The van der Waals surface area contributed by atoms with Crippen molar-refractivity contribution in [2.45, 2.75) is 52.2 Å². The number of halogens is 2. The molecule has 1 atom stereocenters. The maximum absolute atomic E-state index is 15.3. The lowest BCUT2D eigenvalue weighted by molar-refractivity contribution is -0.161. The average Bonchev–Trinajstić information content (AvgIpc) is 2.77. The Morgan fingerprint density at radius 2 is 1.97 bits per heavy atom. The summed E-state index contributed by atoms with van der Waals surface area (Å²) in [5.74, 6) is -1.50. The molecule has 0 radical (unpaired) electrons. The Bertz CT molecular complexity index is 1370. The normalized spacial score (nSPS) is 14.6. The van der Waals surface area contributed by atoms with Crippen molar-refractivity contribution in [2.24, 2.45) is 7.05 Å². The van der Waals surface area contributed by atoms with Crippen molar-refractivity contribution in [1.82, 2.24) is 4.57 Å². The first kappa shape index (κ1) is 24.4. The van der Waals surface area contributed by atoms with Crippen LogP contribution in [-0.4, -0.2) is 27.9 Å². The van der Waals surface area contributed by atoms with Crippen molar-refractivity contribution >= 4 is 32.7 Å². The topological polar surface area (TPSA) is 77.8 Å². The molecule has 1 aliphatic heterocycles. The smallest absolute Gasteiger partial charge is 0.339 e. The molecule has 0 saturated heterocycles. The van der Waals surface area contributed by atoms with Gasteiger partial charge in [0.2, 0.25) is 0 Å². The standard InChI is InChI=1S/C26H27BrFNO5/c1-13-15-7-6-10-33-22(15)19(28)12-17(13)20-16-9-8-14(27)11-18(16)24(30)29(5)21(20)23(25(31)32)34-26(2,3)4/h8-9,11-12,23H,6-7,10H2,1-5H3,(H,31,32). The van der Waals surface area contributed by atoms with Gasteiger partial charge in [-0.2, -0.15) is 0 Å². The van der Waals surface area contributed by atoms with Gasteiger partial charge in [-0.1, -0.05) is 22.0 Å². The molecule has 8 heteroatoms. The molecule has 1 aromatic heterocycles. The van der Waals surface area contributed by atoms with Crippen molar-refractivity contribution in [3.8, 4) is 16.9 Å². The van der Waals surface area contributed by atoms with E-state index in [2.05, 4.69) is 15.9 Å². The summed E-state index contributed by atoms with van der Waals surface area (Å²) in [5, 5.41) is 11.1. The van der Waals surface area contributed by atoms with Crippen LogP contribution in [-0.2, 0) is 23.0 Å². The second-order valence-electron chi connectivity index (χ2n) is 9.55. The molecule has 4 rings (SSSR count). The summed E-state index contributed by atoms with van der Waals surface area (Å²) in [6, 6.07) is 6.60. The maximum Gasteiger partial charge on any atom is 0.339 e. The fourth-order valence-electron chi connectivity index (χ4n) is 4.59. The Balaban J connectivity index is 2.18. The molecule has 1 aliphatic rings. The first-order valence-corrected chi connectivity index (χ1v) is 11.9. The SMILES string of the molecule is Cc1c(-c2c(C(OC(C)(C)C)C(=O)O)n(C)c(=O)c3cc(Br)ccc23)cc(F)c2c1CCCO2. The Kier molecular flexibility index (Phi) is 6.33. The number of rotatable bonds is 4. The summed E-state index contributed by atoms with van der Waals surface area (Å²) in [6.07, 6.45) is -0.0391. The predicted molar refractivity (Wildman–Crippen MR) is 132 cm³/mol. The highest BCUT2D eigenvalue weighted by Gasteiger charge is 2.34. The summed E-state index contributed by atoms with van der Waals surface area (Å²) in [7, 11) is 1.52. The maximum atomic E-state index is 15.3. The van der Waals surface area contributed by atoms with E-state index in [1.807, 2.05) is 6.92 Å². The molecule has 0 spiro atoms. The molecule has 2 aromatic carbocycles. The monoisotopic (exact) mass is 531 g/mol. The van der Waals surface area contributed by atoms with E-state index in [-0.39, 0.29) is 17.0 Å². The molecule has 0 aliphatic carbocycles. The minimum absolute atomic E-state index is 0.168. The van der Waals surface area contributed by atoms with Gasteiger partial charge in [0.25, 0.3) is 5.56 Å². The number of aromatic nitrogens is 1. The third-order valence-electron chi connectivity index (χ3n) is 6.05. The van der Waals surface area contributed by atoms with E-state index in [1.165, 1.54) is 17.7 Å². The number of carbonyl (C=O) groups is 1. The lowest BCUT2D eigenvalue weighted by Gasteiger charge is -2.29. The Labute approximate surface area is 205 Å². The molecule has 1 unspecified atom stereocenters. The number of carboxylic acid groups (broad SMARTS) is 1. The minimum atomic E-state index is -1.45. The lowest BCUT2D eigenvalue weighted by Crippen LogP contribution is -2.33. The third kappa shape index (κ3) is 4.25. The Morgan fingerprint density at radius 3 is 2.62 bits per heavy atom. The quantitative estimate of drug-likeness (QED) is 0.468.